The molecule has 82 valence electrons. The fourth-order valence-electron chi connectivity index (χ4n) is 0.844. The van der Waals surface area contributed by atoms with Crippen molar-refractivity contribution in [3.05, 3.63) is 0 Å². The van der Waals surface area contributed by atoms with Gasteiger partial charge in [-0.2, -0.15) is 0 Å². The summed E-state index contributed by atoms with van der Waals surface area (Å²) in [7, 11) is -3.24. The third-order valence-electron chi connectivity index (χ3n) is 1.53. The van der Waals surface area contributed by atoms with Crippen LogP contribution in [0.15, 0.2) is 0 Å². The second-order valence-corrected chi connectivity index (χ2v) is 5.31. The van der Waals surface area contributed by atoms with E-state index in [0.717, 1.165) is 0 Å². The van der Waals surface area contributed by atoms with E-state index in [9.17, 15) is 8.42 Å². The van der Waals surface area contributed by atoms with Crippen LogP contribution in [-0.4, -0.2) is 32.8 Å². The first-order valence-corrected chi connectivity index (χ1v) is 6.22. The molecule has 0 aliphatic rings. The van der Waals surface area contributed by atoms with Gasteiger partial charge in [-0.3, -0.25) is 0 Å². The summed E-state index contributed by atoms with van der Waals surface area (Å²) in [6, 6.07) is -0.158. The van der Waals surface area contributed by atoms with Gasteiger partial charge < -0.3 is 5.32 Å². The molecule has 4 nitrogen and oxygen atoms in total. The van der Waals surface area contributed by atoms with Gasteiger partial charge in [-0.1, -0.05) is 19.8 Å². The lowest BCUT2D eigenvalue weighted by molar-refractivity contribution is 0.564. The Balaban J connectivity index is 3.92. The summed E-state index contributed by atoms with van der Waals surface area (Å²) in [6.07, 6.45) is 5.06. The van der Waals surface area contributed by atoms with E-state index in [-0.39, 0.29) is 11.8 Å². The van der Waals surface area contributed by atoms with E-state index in [0.29, 0.717) is 6.54 Å². The molecular weight excluding hydrogens is 200 g/mol. The second-order valence-electron chi connectivity index (χ2n) is 3.43. The Labute approximate surface area is 86.5 Å². The molecule has 0 aliphatic carbocycles. The zero-order valence-electron chi connectivity index (χ0n) is 8.87. The van der Waals surface area contributed by atoms with Crippen LogP contribution >= 0.6 is 0 Å². The molecule has 0 bridgehead atoms. The van der Waals surface area contributed by atoms with E-state index in [1.807, 2.05) is 13.8 Å². The molecule has 0 radical (unpaired) electrons. The molecule has 0 fully saturated rings. The first kappa shape index (κ1) is 13.4. The number of hydrogen-bond acceptors (Lipinski definition) is 3. The minimum absolute atomic E-state index is 0.0528. The molecular formula is C9H18N2O2S. The molecule has 0 saturated carbocycles. The summed E-state index contributed by atoms with van der Waals surface area (Å²) in [5.41, 5.74) is 0. The highest BCUT2D eigenvalue weighted by molar-refractivity contribution is 7.89. The van der Waals surface area contributed by atoms with Crippen molar-refractivity contribution in [1.82, 2.24) is 10.0 Å². The monoisotopic (exact) mass is 218 g/mol. The zero-order valence-corrected chi connectivity index (χ0v) is 9.69. The van der Waals surface area contributed by atoms with Crippen LogP contribution in [0.4, 0.5) is 0 Å². The van der Waals surface area contributed by atoms with Crippen LogP contribution in [0.25, 0.3) is 0 Å². The van der Waals surface area contributed by atoms with Crippen LogP contribution in [0.5, 0.6) is 0 Å². The Morgan fingerprint density at radius 1 is 1.36 bits per heavy atom. The average molecular weight is 218 g/mol. The van der Waals surface area contributed by atoms with Crippen molar-refractivity contribution in [3.63, 3.8) is 0 Å². The van der Waals surface area contributed by atoms with Crippen LogP contribution in [0, 0.1) is 12.3 Å². The Bertz CT molecular complexity index is 290. The van der Waals surface area contributed by atoms with E-state index >= 15 is 0 Å². The molecule has 2 N–H and O–H groups in total. The van der Waals surface area contributed by atoms with Gasteiger partial charge in [-0.25, -0.2) is 13.1 Å². The molecule has 0 aromatic heterocycles. The molecule has 0 spiro atoms. The number of terminal acetylenes is 1. The fraction of sp³-hybridized carbons (Fsp3) is 0.778. The first-order valence-electron chi connectivity index (χ1n) is 4.57. The van der Waals surface area contributed by atoms with Crippen LogP contribution in [0.2, 0.25) is 0 Å². The highest BCUT2D eigenvalue weighted by Crippen LogP contribution is 1.88. The Morgan fingerprint density at radius 3 is 2.36 bits per heavy atom. The largest absolute Gasteiger partial charge is 0.313 e. The molecule has 0 saturated heterocycles. The van der Waals surface area contributed by atoms with Crippen LogP contribution in [0.1, 0.15) is 20.8 Å². The van der Waals surface area contributed by atoms with E-state index in [1.54, 1.807) is 6.92 Å². The average Bonchev–Trinajstić information content (AvgIpc) is 2.02. The molecule has 14 heavy (non-hydrogen) atoms. The second kappa shape index (κ2) is 6.02. The molecule has 0 aromatic rings. The lowest BCUT2D eigenvalue weighted by atomic mass is 10.4. The predicted octanol–water partition coefficient (Wildman–Crippen LogP) is -0.0745. The quantitative estimate of drug-likeness (QED) is 0.613. The van der Waals surface area contributed by atoms with Gasteiger partial charge in [-0.05, 0) is 6.92 Å². The standard InChI is InChI=1S/C9H18N2O2S/c1-5-9(4)11-14(12,13)7-6-10-8(2)3/h1,8-11H,6-7H2,2-4H3. The number of nitrogens with one attached hydrogen (secondary N) is 2. The zero-order chi connectivity index (χ0) is 11.2. The molecule has 0 aromatic carbocycles. The van der Waals surface area contributed by atoms with Crippen molar-refractivity contribution < 1.29 is 8.42 Å². The number of hydrogen-bond donors (Lipinski definition) is 2. The predicted molar refractivity (Wildman–Crippen MR) is 58.4 cm³/mol. The SMILES string of the molecule is C#CC(C)NS(=O)(=O)CCNC(C)C. The summed E-state index contributed by atoms with van der Waals surface area (Å²) in [6.45, 7) is 5.99. The van der Waals surface area contributed by atoms with E-state index in [1.165, 1.54) is 0 Å². The summed E-state index contributed by atoms with van der Waals surface area (Å²) < 4.78 is 25.0. The molecule has 0 rings (SSSR count). The van der Waals surface area contributed by atoms with Gasteiger partial charge in [0.1, 0.15) is 0 Å². The van der Waals surface area contributed by atoms with Gasteiger partial charge in [-0.15, -0.1) is 6.42 Å². The van der Waals surface area contributed by atoms with Gasteiger partial charge in [0.05, 0.1) is 11.8 Å². The van der Waals surface area contributed by atoms with Gasteiger partial charge in [0.2, 0.25) is 10.0 Å². The Kier molecular flexibility index (Phi) is 5.77. The minimum atomic E-state index is -3.24. The van der Waals surface area contributed by atoms with E-state index < -0.39 is 16.1 Å². The normalized spacial score (nSPS) is 13.9. The molecule has 1 unspecified atom stereocenters. The molecule has 5 heteroatoms. The Hall–Kier alpha value is -0.570. The van der Waals surface area contributed by atoms with Crippen LogP contribution in [-0.2, 0) is 10.0 Å². The molecule has 0 heterocycles. The highest BCUT2D eigenvalue weighted by atomic mass is 32.2. The third kappa shape index (κ3) is 6.89. The lowest BCUT2D eigenvalue weighted by Gasteiger charge is -2.10. The van der Waals surface area contributed by atoms with Gasteiger partial charge in [0.15, 0.2) is 0 Å². The molecule has 0 amide bonds. The van der Waals surface area contributed by atoms with Gasteiger partial charge in [0, 0.05) is 12.6 Å². The van der Waals surface area contributed by atoms with Crippen molar-refractivity contribution in [2.24, 2.45) is 0 Å². The minimum Gasteiger partial charge on any atom is -0.313 e. The van der Waals surface area contributed by atoms with Crippen LogP contribution in [0.3, 0.4) is 0 Å². The highest BCUT2D eigenvalue weighted by Gasteiger charge is 2.12. The van der Waals surface area contributed by atoms with Crippen molar-refractivity contribution in [2.45, 2.75) is 32.9 Å². The molecule has 0 aliphatic heterocycles. The summed E-state index contributed by atoms with van der Waals surface area (Å²) in [5, 5.41) is 3.02. The van der Waals surface area contributed by atoms with Crippen molar-refractivity contribution in [1.29, 1.82) is 0 Å². The number of sulfonamides is 1. The smallest absolute Gasteiger partial charge is 0.213 e. The summed E-state index contributed by atoms with van der Waals surface area (Å²) in [4.78, 5) is 0. The van der Waals surface area contributed by atoms with Gasteiger partial charge >= 0.3 is 0 Å². The van der Waals surface area contributed by atoms with Gasteiger partial charge in [0.25, 0.3) is 0 Å². The topological polar surface area (TPSA) is 58.2 Å². The van der Waals surface area contributed by atoms with Crippen molar-refractivity contribution in [3.8, 4) is 12.3 Å². The summed E-state index contributed by atoms with van der Waals surface area (Å²) in [5.74, 6) is 2.36. The molecule has 1 atom stereocenters. The third-order valence-corrected chi connectivity index (χ3v) is 2.98. The Morgan fingerprint density at radius 2 is 1.93 bits per heavy atom. The maximum atomic E-state index is 11.3. The fourth-order valence-corrected chi connectivity index (χ4v) is 1.96. The maximum Gasteiger partial charge on any atom is 0.213 e. The first-order chi connectivity index (χ1) is 6.37. The van der Waals surface area contributed by atoms with E-state index in [4.69, 9.17) is 6.42 Å². The number of rotatable bonds is 6. The van der Waals surface area contributed by atoms with Crippen LogP contribution < -0.4 is 10.0 Å². The lowest BCUT2D eigenvalue weighted by Crippen LogP contribution is -2.37. The van der Waals surface area contributed by atoms with E-state index in [2.05, 4.69) is 16.0 Å². The summed E-state index contributed by atoms with van der Waals surface area (Å²) >= 11 is 0. The van der Waals surface area contributed by atoms with Crippen molar-refractivity contribution in [2.75, 3.05) is 12.3 Å². The maximum absolute atomic E-state index is 11.3. The van der Waals surface area contributed by atoms with Crippen molar-refractivity contribution >= 4 is 10.0 Å².